The lowest BCUT2D eigenvalue weighted by molar-refractivity contribution is -0.126. The van der Waals surface area contributed by atoms with E-state index in [1.165, 1.54) is 0 Å². The Morgan fingerprint density at radius 2 is 2.15 bits per heavy atom. The van der Waals surface area contributed by atoms with Crippen molar-refractivity contribution in [3.8, 4) is 0 Å². The van der Waals surface area contributed by atoms with Gasteiger partial charge < -0.3 is 10.6 Å². The number of aliphatic imine (C=N–C) groups is 1. The summed E-state index contributed by atoms with van der Waals surface area (Å²) in [6, 6.07) is -0.399. The van der Waals surface area contributed by atoms with Crippen LogP contribution < -0.4 is 10.6 Å². The fraction of sp³-hybridized carbons (Fsp3) is 0.625. The SMILES string of the molecule is CC(C)(C)C(=O)NC1=NC(=O)NC1. The van der Waals surface area contributed by atoms with Crippen LogP contribution in [0.25, 0.3) is 0 Å². The van der Waals surface area contributed by atoms with Gasteiger partial charge >= 0.3 is 6.03 Å². The van der Waals surface area contributed by atoms with Crippen molar-refractivity contribution in [1.82, 2.24) is 10.6 Å². The summed E-state index contributed by atoms with van der Waals surface area (Å²) in [5.74, 6) is 0.257. The summed E-state index contributed by atoms with van der Waals surface area (Å²) in [6.07, 6.45) is 0. The highest BCUT2D eigenvalue weighted by molar-refractivity contribution is 6.08. The van der Waals surface area contributed by atoms with Crippen LogP contribution in [0.4, 0.5) is 4.79 Å². The zero-order chi connectivity index (χ0) is 10.1. The zero-order valence-corrected chi connectivity index (χ0v) is 7.97. The molecule has 0 unspecified atom stereocenters. The molecule has 1 aliphatic heterocycles. The Morgan fingerprint density at radius 1 is 1.54 bits per heavy atom. The molecule has 0 saturated heterocycles. The second-order valence-electron chi connectivity index (χ2n) is 3.92. The van der Waals surface area contributed by atoms with Crippen molar-refractivity contribution in [3.63, 3.8) is 0 Å². The van der Waals surface area contributed by atoms with E-state index >= 15 is 0 Å². The largest absolute Gasteiger partial charge is 0.343 e. The van der Waals surface area contributed by atoms with E-state index in [9.17, 15) is 9.59 Å². The fourth-order valence-electron chi connectivity index (χ4n) is 0.752. The van der Waals surface area contributed by atoms with E-state index in [1.54, 1.807) is 20.8 Å². The molecule has 3 amide bonds. The third kappa shape index (κ3) is 2.54. The normalized spacial score (nSPS) is 16.5. The predicted octanol–water partition coefficient (Wildman–Crippen LogP) is 0.270. The van der Waals surface area contributed by atoms with Gasteiger partial charge in [0.1, 0.15) is 5.84 Å². The highest BCUT2D eigenvalue weighted by atomic mass is 16.2. The van der Waals surface area contributed by atoms with Crippen LogP contribution in [0.2, 0.25) is 0 Å². The van der Waals surface area contributed by atoms with Crippen LogP contribution in [0.1, 0.15) is 20.8 Å². The topological polar surface area (TPSA) is 70.6 Å². The first kappa shape index (κ1) is 9.70. The quantitative estimate of drug-likeness (QED) is 0.566. The minimum atomic E-state index is -0.464. The van der Waals surface area contributed by atoms with Crippen LogP contribution >= 0.6 is 0 Å². The smallest absolute Gasteiger partial charge is 0.329 e. The summed E-state index contributed by atoms with van der Waals surface area (Å²) in [4.78, 5) is 25.6. The van der Waals surface area contributed by atoms with Gasteiger partial charge in [-0.2, -0.15) is 4.99 Å². The van der Waals surface area contributed by atoms with Crippen molar-refractivity contribution in [1.29, 1.82) is 0 Å². The van der Waals surface area contributed by atoms with Gasteiger partial charge in [0.25, 0.3) is 0 Å². The number of hydrogen-bond acceptors (Lipinski definition) is 2. The molecule has 2 N–H and O–H groups in total. The van der Waals surface area contributed by atoms with Crippen molar-refractivity contribution in [2.45, 2.75) is 20.8 Å². The molecule has 0 fully saturated rings. The summed E-state index contributed by atoms with van der Waals surface area (Å²) < 4.78 is 0. The summed E-state index contributed by atoms with van der Waals surface area (Å²) in [6.45, 7) is 5.70. The Balaban J connectivity index is 2.56. The molecule has 0 aliphatic carbocycles. The van der Waals surface area contributed by atoms with E-state index < -0.39 is 11.4 Å². The molecular weight excluding hydrogens is 170 g/mol. The van der Waals surface area contributed by atoms with Gasteiger partial charge in [0.2, 0.25) is 5.91 Å². The van der Waals surface area contributed by atoms with Crippen molar-refractivity contribution in [2.24, 2.45) is 10.4 Å². The lowest BCUT2D eigenvalue weighted by atomic mass is 9.96. The van der Waals surface area contributed by atoms with E-state index in [0.717, 1.165) is 0 Å². The Morgan fingerprint density at radius 3 is 2.54 bits per heavy atom. The van der Waals surface area contributed by atoms with Crippen LogP contribution in [0, 0.1) is 5.41 Å². The van der Waals surface area contributed by atoms with Crippen molar-refractivity contribution < 1.29 is 9.59 Å². The minimum Gasteiger partial charge on any atom is -0.329 e. The molecule has 0 atom stereocenters. The molecule has 0 bridgehead atoms. The molecule has 72 valence electrons. The Labute approximate surface area is 76.6 Å². The van der Waals surface area contributed by atoms with Crippen LogP contribution in [0.5, 0.6) is 0 Å². The highest BCUT2D eigenvalue weighted by Gasteiger charge is 2.24. The molecular formula is C8H13N3O2. The van der Waals surface area contributed by atoms with E-state index in [4.69, 9.17) is 0 Å². The van der Waals surface area contributed by atoms with E-state index in [0.29, 0.717) is 12.4 Å². The van der Waals surface area contributed by atoms with Gasteiger partial charge in [-0.25, -0.2) is 4.79 Å². The number of amides is 3. The Bertz CT molecular complexity index is 276. The zero-order valence-electron chi connectivity index (χ0n) is 7.97. The lowest BCUT2D eigenvalue weighted by Crippen LogP contribution is -2.40. The van der Waals surface area contributed by atoms with Crippen molar-refractivity contribution in [2.75, 3.05) is 6.54 Å². The second-order valence-corrected chi connectivity index (χ2v) is 3.92. The number of rotatable bonds is 0. The Kier molecular flexibility index (Phi) is 2.36. The molecule has 1 rings (SSSR count). The van der Waals surface area contributed by atoms with Gasteiger partial charge in [-0.15, -0.1) is 0 Å². The third-order valence-corrected chi connectivity index (χ3v) is 1.58. The minimum absolute atomic E-state index is 0.136. The van der Waals surface area contributed by atoms with Crippen LogP contribution in [-0.2, 0) is 4.79 Å². The van der Waals surface area contributed by atoms with E-state index in [1.807, 2.05) is 0 Å². The standard InChI is InChI=1S/C8H13N3O2/c1-8(2,3)6(12)10-5-4-9-7(13)11-5/h4H2,1-3H3,(H2,9,10,11,12,13). The maximum atomic E-state index is 11.4. The molecule has 0 aromatic heterocycles. The molecule has 0 aromatic rings. The molecule has 0 aromatic carbocycles. The lowest BCUT2D eigenvalue weighted by Gasteiger charge is -2.16. The predicted molar refractivity (Wildman–Crippen MR) is 48.4 cm³/mol. The average molecular weight is 183 g/mol. The Hall–Kier alpha value is -1.39. The number of urea groups is 1. The molecule has 5 nitrogen and oxygen atoms in total. The summed E-state index contributed by atoms with van der Waals surface area (Å²) in [5, 5.41) is 5.05. The first-order valence-corrected chi connectivity index (χ1v) is 4.06. The van der Waals surface area contributed by atoms with Crippen LogP contribution in [0.3, 0.4) is 0 Å². The van der Waals surface area contributed by atoms with Crippen LogP contribution in [-0.4, -0.2) is 24.3 Å². The molecule has 1 heterocycles. The van der Waals surface area contributed by atoms with Gasteiger partial charge in [-0.1, -0.05) is 20.8 Å². The summed E-state index contributed by atoms with van der Waals surface area (Å²) in [5.41, 5.74) is -0.464. The molecule has 0 spiro atoms. The number of carbonyl (C=O) groups excluding carboxylic acids is 2. The number of nitrogens with one attached hydrogen (secondary N) is 2. The third-order valence-electron chi connectivity index (χ3n) is 1.58. The first-order chi connectivity index (χ1) is 5.89. The van der Waals surface area contributed by atoms with Crippen molar-refractivity contribution in [3.05, 3.63) is 0 Å². The maximum Gasteiger partial charge on any atom is 0.343 e. The molecule has 5 heteroatoms. The summed E-state index contributed by atoms with van der Waals surface area (Å²) in [7, 11) is 0. The van der Waals surface area contributed by atoms with Gasteiger partial charge in [0.15, 0.2) is 0 Å². The van der Waals surface area contributed by atoms with Gasteiger partial charge in [-0.05, 0) is 0 Å². The van der Waals surface area contributed by atoms with Gasteiger partial charge in [-0.3, -0.25) is 4.79 Å². The number of nitrogens with zero attached hydrogens (tertiary/aromatic N) is 1. The monoisotopic (exact) mass is 183 g/mol. The maximum absolute atomic E-state index is 11.4. The fourth-order valence-corrected chi connectivity index (χ4v) is 0.752. The summed E-state index contributed by atoms with van der Waals surface area (Å²) >= 11 is 0. The molecule has 0 saturated carbocycles. The van der Waals surface area contributed by atoms with Gasteiger partial charge in [0, 0.05) is 5.41 Å². The number of carbonyl (C=O) groups is 2. The molecule has 13 heavy (non-hydrogen) atoms. The number of hydrogen-bond donors (Lipinski definition) is 2. The first-order valence-electron chi connectivity index (χ1n) is 4.06. The molecule has 0 radical (unpaired) electrons. The highest BCUT2D eigenvalue weighted by Crippen LogP contribution is 2.12. The van der Waals surface area contributed by atoms with E-state index in [2.05, 4.69) is 15.6 Å². The number of amidine groups is 1. The van der Waals surface area contributed by atoms with Crippen LogP contribution in [0.15, 0.2) is 4.99 Å². The second kappa shape index (κ2) is 3.16. The molecule has 1 aliphatic rings. The van der Waals surface area contributed by atoms with Gasteiger partial charge in [0.05, 0.1) is 6.54 Å². The van der Waals surface area contributed by atoms with Crippen molar-refractivity contribution >= 4 is 17.8 Å². The average Bonchev–Trinajstić information content (AvgIpc) is 2.33. The van der Waals surface area contributed by atoms with E-state index in [-0.39, 0.29) is 5.91 Å².